The maximum atomic E-state index is 12.9. The maximum Gasteiger partial charge on any atom is 0.244 e. The van der Waals surface area contributed by atoms with Crippen LogP contribution in [0.4, 0.5) is 0 Å². The quantitative estimate of drug-likeness (QED) is 0.917. The summed E-state index contributed by atoms with van der Waals surface area (Å²) in [7, 11) is 0. The lowest BCUT2D eigenvalue weighted by atomic mass is 9.97. The van der Waals surface area contributed by atoms with Gasteiger partial charge in [0.2, 0.25) is 5.91 Å². The zero-order valence-electron chi connectivity index (χ0n) is 14.1. The Morgan fingerprint density at radius 1 is 1.24 bits per heavy atom. The number of rotatable bonds is 4. The normalized spacial score (nSPS) is 27.5. The van der Waals surface area contributed by atoms with E-state index in [1.165, 1.54) is 11.1 Å². The number of carbonyl (C=O) groups excluding carboxylic acids is 1. The van der Waals surface area contributed by atoms with Crippen molar-refractivity contribution in [1.29, 1.82) is 0 Å². The number of amides is 1. The Kier molecular flexibility index (Phi) is 4.43. The van der Waals surface area contributed by atoms with Crippen LogP contribution in [0.1, 0.15) is 58.3 Å². The summed E-state index contributed by atoms with van der Waals surface area (Å²) in [6, 6.07) is 8.69. The fraction of sp³-hybridized carbons (Fsp3) is 0.611. The molecule has 3 atom stereocenters. The standard InChI is InChI=1S/C18H28N2O/c1-7-18(6)17(21)20(14(5)12(2)3)16(19-18)15-10-8-13(4)9-11-15/h8-12,14,16,19H,7H2,1-6H3. The van der Waals surface area contributed by atoms with E-state index in [1.54, 1.807) is 0 Å². The molecule has 1 aromatic carbocycles. The lowest BCUT2D eigenvalue weighted by Gasteiger charge is -2.33. The van der Waals surface area contributed by atoms with Crippen molar-refractivity contribution in [2.24, 2.45) is 5.92 Å². The summed E-state index contributed by atoms with van der Waals surface area (Å²) in [5.74, 6) is 0.652. The van der Waals surface area contributed by atoms with Crippen molar-refractivity contribution in [2.45, 2.75) is 65.7 Å². The zero-order valence-corrected chi connectivity index (χ0v) is 14.1. The highest BCUT2D eigenvalue weighted by Crippen LogP contribution is 2.35. The molecule has 0 aliphatic carbocycles. The molecule has 1 heterocycles. The highest BCUT2D eigenvalue weighted by Gasteiger charge is 2.49. The van der Waals surface area contributed by atoms with Crippen LogP contribution in [-0.4, -0.2) is 22.4 Å². The second kappa shape index (κ2) is 5.80. The van der Waals surface area contributed by atoms with Gasteiger partial charge in [0, 0.05) is 6.04 Å². The minimum absolute atomic E-state index is 0.0274. The van der Waals surface area contributed by atoms with Gasteiger partial charge in [-0.3, -0.25) is 10.1 Å². The molecule has 3 nitrogen and oxygen atoms in total. The van der Waals surface area contributed by atoms with Crippen molar-refractivity contribution in [1.82, 2.24) is 10.2 Å². The summed E-state index contributed by atoms with van der Waals surface area (Å²) in [4.78, 5) is 15.0. The Morgan fingerprint density at radius 3 is 2.29 bits per heavy atom. The Labute approximate surface area is 128 Å². The van der Waals surface area contributed by atoms with Crippen molar-refractivity contribution in [3.63, 3.8) is 0 Å². The van der Waals surface area contributed by atoms with Crippen molar-refractivity contribution in [3.05, 3.63) is 35.4 Å². The van der Waals surface area contributed by atoms with Gasteiger partial charge in [-0.2, -0.15) is 0 Å². The van der Waals surface area contributed by atoms with E-state index in [0.29, 0.717) is 5.92 Å². The van der Waals surface area contributed by atoms with Crippen LogP contribution in [0.25, 0.3) is 0 Å². The number of nitrogens with zero attached hydrogens (tertiary/aromatic N) is 1. The molecular weight excluding hydrogens is 260 g/mol. The van der Waals surface area contributed by atoms with Gasteiger partial charge >= 0.3 is 0 Å². The molecule has 0 radical (unpaired) electrons. The number of benzene rings is 1. The minimum atomic E-state index is -0.460. The van der Waals surface area contributed by atoms with E-state index in [0.717, 1.165) is 6.42 Å². The fourth-order valence-electron chi connectivity index (χ4n) is 2.82. The van der Waals surface area contributed by atoms with Crippen molar-refractivity contribution >= 4 is 5.91 Å². The molecule has 1 aliphatic rings. The van der Waals surface area contributed by atoms with E-state index < -0.39 is 5.54 Å². The van der Waals surface area contributed by atoms with Crippen molar-refractivity contribution < 1.29 is 4.79 Å². The second-order valence-electron chi connectivity index (χ2n) is 6.84. The first kappa shape index (κ1) is 16.0. The Bertz CT molecular complexity index is 508. The number of hydrogen-bond acceptors (Lipinski definition) is 2. The van der Waals surface area contributed by atoms with Gasteiger partial charge in [-0.15, -0.1) is 0 Å². The molecule has 0 bridgehead atoms. The van der Waals surface area contributed by atoms with Gasteiger partial charge in [0.25, 0.3) is 0 Å². The molecule has 1 aliphatic heterocycles. The van der Waals surface area contributed by atoms with Gasteiger partial charge in [0.1, 0.15) is 6.17 Å². The van der Waals surface area contributed by atoms with Gasteiger partial charge in [-0.25, -0.2) is 0 Å². The van der Waals surface area contributed by atoms with Crippen LogP contribution in [0.2, 0.25) is 0 Å². The molecule has 116 valence electrons. The molecular formula is C18H28N2O. The summed E-state index contributed by atoms with van der Waals surface area (Å²) < 4.78 is 0. The summed E-state index contributed by atoms with van der Waals surface area (Å²) >= 11 is 0. The Morgan fingerprint density at radius 2 is 1.81 bits per heavy atom. The van der Waals surface area contributed by atoms with Crippen LogP contribution in [0.15, 0.2) is 24.3 Å². The Balaban J connectivity index is 2.41. The lowest BCUT2D eigenvalue weighted by molar-refractivity contribution is -0.135. The first-order valence-electron chi connectivity index (χ1n) is 7.97. The molecule has 2 rings (SSSR count). The van der Waals surface area contributed by atoms with Crippen LogP contribution in [0.3, 0.4) is 0 Å². The summed E-state index contributed by atoms with van der Waals surface area (Å²) in [5.41, 5.74) is 1.95. The third-order valence-electron chi connectivity index (χ3n) is 4.94. The van der Waals surface area contributed by atoms with Gasteiger partial charge in [0.15, 0.2) is 0 Å². The van der Waals surface area contributed by atoms with Crippen LogP contribution in [0, 0.1) is 12.8 Å². The van der Waals surface area contributed by atoms with Gasteiger partial charge < -0.3 is 4.90 Å². The van der Waals surface area contributed by atoms with E-state index in [4.69, 9.17) is 0 Å². The average Bonchev–Trinajstić information content (AvgIpc) is 2.72. The monoisotopic (exact) mass is 288 g/mol. The topological polar surface area (TPSA) is 32.3 Å². The van der Waals surface area contributed by atoms with Crippen LogP contribution < -0.4 is 5.32 Å². The smallest absolute Gasteiger partial charge is 0.244 e. The van der Waals surface area contributed by atoms with E-state index in [-0.39, 0.29) is 18.1 Å². The summed E-state index contributed by atoms with van der Waals surface area (Å²) in [6.07, 6.45) is 0.774. The molecule has 1 aromatic rings. The number of carbonyl (C=O) groups is 1. The van der Waals surface area contributed by atoms with E-state index >= 15 is 0 Å². The van der Waals surface area contributed by atoms with Crippen LogP contribution in [0.5, 0.6) is 0 Å². The molecule has 0 spiro atoms. The fourth-order valence-corrected chi connectivity index (χ4v) is 2.82. The third kappa shape index (κ3) is 2.84. The Hall–Kier alpha value is -1.35. The van der Waals surface area contributed by atoms with Crippen molar-refractivity contribution in [3.8, 4) is 0 Å². The average molecular weight is 288 g/mol. The first-order chi connectivity index (χ1) is 9.80. The molecule has 1 amide bonds. The molecule has 0 aromatic heterocycles. The SMILES string of the molecule is CCC1(C)NC(c2ccc(C)cc2)N(C(C)C(C)C)C1=O. The second-order valence-corrected chi connectivity index (χ2v) is 6.84. The predicted octanol–water partition coefficient (Wildman–Crippen LogP) is 3.64. The summed E-state index contributed by atoms with van der Waals surface area (Å²) in [5, 5.41) is 3.56. The van der Waals surface area contributed by atoms with Gasteiger partial charge in [-0.1, -0.05) is 50.6 Å². The molecule has 1 saturated heterocycles. The molecule has 3 unspecified atom stereocenters. The number of nitrogens with one attached hydrogen (secondary N) is 1. The van der Waals surface area contributed by atoms with E-state index in [1.807, 2.05) is 11.8 Å². The molecule has 0 saturated carbocycles. The highest BCUT2D eigenvalue weighted by molar-refractivity contribution is 5.88. The van der Waals surface area contributed by atoms with Gasteiger partial charge in [-0.05, 0) is 38.7 Å². The lowest BCUT2D eigenvalue weighted by Crippen LogP contribution is -2.45. The van der Waals surface area contributed by atoms with Gasteiger partial charge in [0.05, 0.1) is 5.54 Å². The van der Waals surface area contributed by atoms with E-state index in [9.17, 15) is 4.79 Å². The molecule has 3 heteroatoms. The molecule has 1 N–H and O–H groups in total. The highest BCUT2D eigenvalue weighted by atomic mass is 16.2. The predicted molar refractivity (Wildman–Crippen MR) is 86.9 cm³/mol. The summed E-state index contributed by atoms with van der Waals surface area (Å²) in [6.45, 7) is 12.7. The largest absolute Gasteiger partial charge is 0.318 e. The maximum absolute atomic E-state index is 12.9. The van der Waals surface area contributed by atoms with E-state index in [2.05, 4.69) is 64.2 Å². The van der Waals surface area contributed by atoms with Crippen LogP contribution >= 0.6 is 0 Å². The van der Waals surface area contributed by atoms with Crippen molar-refractivity contribution in [2.75, 3.05) is 0 Å². The molecule has 21 heavy (non-hydrogen) atoms. The molecule has 1 fully saturated rings. The minimum Gasteiger partial charge on any atom is -0.318 e. The third-order valence-corrected chi connectivity index (χ3v) is 4.94. The number of hydrogen-bond donors (Lipinski definition) is 1. The van der Waals surface area contributed by atoms with Crippen LogP contribution in [-0.2, 0) is 4.79 Å². The zero-order chi connectivity index (χ0) is 15.8. The number of aryl methyl sites for hydroxylation is 1. The first-order valence-corrected chi connectivity index (χ1v) is 7.97.